The molecule has 7 heteroatoms. The Morgan fingerprint density at radius 3 is 1.71 bits per heavy atom. The molecule has 1 N–H and O–H groups in total. The minimum absolute atomic E-state index is 0. The summed E-state index contributed by atoms with van der Waals surface area (Å²) in [7, 11) is -3.63. The van der Waals surface area contributed by atoms with Crippen molar-refractivity contribution < 1.29 is 16.2 Å². The van der Waals surface area contributed by atoms with Gasteiger partial charge in [0.15, 0.2) is 17.4 Å². The first-order chi connectivity index (χ1) is 1.73. The van der Waals surface area contributed by atoms with E-state index in [1.165, 1.54) is 0 Å². The SMILES string of the molecule is O=[Si](O)F.[AlH3].[B].[Ba+2].[H-].[H-]. The monoisotopic (exact) mass is 261 g/mol. The van der Waals surface area contributed by atoms with E-state index >= 15 is 0 Å². The van der Waals surface area contributed by atoms with Gasteiger partial charge in [0.25, 0.3) is 0 Å². The molecule has 0 amide bonds. The number of halogens is 1. The van der Waals surface area contributed by atoms with Crippen molar-refractivity contribution in [2.45, 2.75) is 0 Å². The van der Waals surface area contributed by atoms with E-state index in [-0.39, 0.29) is 77.5 Å². The van der Waals surface area contributed by atoms with E-state index in [1.807, 2.05) is 0 Å². The first-order valence-corrected chi connectivity index (χ1v) is 1.85. The molecule has 0 aromatic heterocycles. The zero-order chi connectivity index (χ0) is 3.58. The molecule has 3 radical (unpaired) electrons. The first kappa shape index (κ1) is 23.1. The predicted octanol–water partition coefficient (Wildman–Crippen LogP) is -2.36. The number of hydrogen-bond donors (Lipinski definition) is 1. The molecular weight excluding hydrogens is 254 g/mol. The molecule has 2 nitrogen and oxygen atoms in total. The van der Waals surface area contributed by atoms with Crippen molar-refractivity contribution in [2.75, 3.05) is 0 Å². The molecule has 0 atom stereocenters. The van der Waals surface area contributed by atoms with Crippen molar-refractivity contribution >= 4 is 83.9 Å². The largest absolute Gasteiger partial charge is 2.00 e. The Hall–Kier alpha value is 1.92. The maximum Gasteiger partial charge on any atom is 2.00 e. The molecule has 37 valence electrons. The van der Waals surface area contributed by atoms with E-state index in [2.05, 4.69) is 0 Å². The minimum Gasteiger partial charge on any atom is -1.00 e. The fourth-order valence-corrected chi connectivity index (χ4v) is 0. The molecule has 0 aromatic carbocycles. The van der Waals surface area contributed by atoms with Crippen LogP contribution in [-0.2, 0) is 4.46 Å². The van der Waals surface area contributed by atoms with Gasteiger partial charge in [-0.1, -0.05) is 0 Å². The molecule has 0 aromatic rings. The Morgan fingerprint density at radius 2 is 1.71 bits per heavy atom. The zero-order valence-corrected chi connectivity index (χ0v) is 8.46. The van der Waals surface area contributed by atoms with E-state index < -0.39 is 9.26 Å². The van der Waals surface area contributed by atoms with E-state index in [0.717, 1.165) is 0 Å². The molecule has 0 spiro atoms. The maximum absolute atomic E-state index is 10.1. The third kappa shape index (κ3) is 75.5. The Balaban J connectivity index is -0.00000000450. The van der Waals surface area contributed by atoms with Crippen LogP contribution in [0.3, 0.4) is 0 Å². The van der Waals surface area contributed by atoms with Gasteiger partial charge in [-0.25, -0.2) is 0 Å². The number of rotatable bonds is 0. The van der Waals surface area contributed by atoms with E-state index in [1.54, 1.807) is 0 Å². The molecule has 0 rings (SSSR count). The smallest absolute Gasteiger partial charge is 1.00 e. The van der Waals surface area contributed by atoms with Crippen molar-refractivity contribution in [3.05, 3.63) is 0 Å². The molecule has 0 bridgehead atoms. The van der Waals surface area contributed by atoms with Crippen molar-refractivity contribution in [3.63, 3.8) is 0 Å². The molecule has 0 heterocycles. The number of hydrogen-bond acceptors (Lipinski definition) is 1. The zero-order valence-electron chi connectivity index (χ0n) is 5.02. The van der Waals surface area contributed by atoms with E-state index in [9.17, 15) is 4.11 Å². The third-order valence-electron chi connectivity index (χ3n) is 0. The van der Waals surface area contributed by atoms with Gasteiger partial charge in [-0.15, -0.1) is 0 Å². The Morgan fingerprint density at radius 1 is 1.71 bits per heavy atom. The Kier molecular flexibility index (Phi) is 51.7. The van der Waals surface area contributed by atoms with Gasteiger partial charge in [-0.2, -0.15) is 4.11 Å². The molecule has 0 unspecified atom stereocenters. The molecule has 0 aliphatic rings. The van der Waals surface area contributed by atoms with Crippen molar-refractivity contribution in [3.8, 4) is 0 Å². The van der Waals surface area contributed by atoms with Crippen LogP contribution in [0.25, 0.3) is 0 Å². The van der Waals surface area contributed by atoms with Crippen LogP contribution in [0.5, 0.6) is 0 Å². The molecular formula is H6AlBBaFO2Si. The second kappa shape index (κ2) is 15.7. The van der Waals surface area contributed by atoms with Crippen LogP contribution in [0.4, 0.5) is 4.11 Å². The van der Waals surface area contributed by atoms with Crippen molar-refractivity contribution in [1.29, 1.82) is 0 Å². The molecule has 0 saturated heterocycles. The fourth-order valence-electron chi connectivity index (χ4n) is 0. The maximum atomic E-state index is 10.1. The van der Waals surface area contributed by atoms with Gasteiger partial charge in [-0.3, -0.25) is 4.46 Å². The predicted molar refractivity (Wildman–Crippen MR) is 33.4 cm³/mol. The summed E-state index contributed by atoms with van der Waals surface area (Å²) in [6.45, 7) is 0. The van der Waals surface area contributed by atoms with Gasteiger partial charge >= 0.3 is 58.1 Å². The van der Waals surface area contributed by atoms with Gasteiger partial charge in [0.05, 0.1) is 0 Å². The van der Waals surface area contributed by atoms with Gasteiger partial charge in [0, 0.05) is 8.41 Å². The first-order valence-electron chi connectivity index (χ1n) is 0.617. The van der Waals surface area contributed by atoms with Crippen LogP contribution >= 0.6 is 0 Å². The summed E-state index contributed by atoms with van der Waals surface area (Å²) >= 11 is 0. The van der Waals surface area contributed by atoms with Crippen LogP contribution in [0, 0.1) is 0 Å². The molecule has 0 saturated carbocycles. The van der Waals surface area contributed by atoms with Crippen molar-refractivity contribution in [2.24, 2.45) is 0 Å². The second-order valence-electron chi connectivity index (χ2n) is 0.253. The average Bonchev–Trinajstić information content (AvgIpc) is 0.811. The average molecular weight is 260 g/mol. The normalized spacial score (nSPS) is 3.57. The molecule has 0 fully saturated rings. The van der Waals surface area contributed by atoms with E-state index in [4.69, 9.17) is 9.26 Å². The van der Waals surface area contributed by atoms with Gasteiger partial charge in [-0.05, 0) is 0 Å². The van der Waals surface area contributed by atoms with Gasteiger partial charge < -0.3 is 7.65 Å². The van der Waals surface area contributed by atoms with Crippen LogP contribution in [0.2, 0.25) is 0 Å². The van der Waals surface area contributed by atoms with Crippen LogP contribution in [0.15, 0.2) is 0 Å². The topological polar surface area (TPSA) is 37.3 Å². The molecule has 7 heavy (non-hydrogen) atoms. The van der Waals surface area contributed by atoms with Crippen molar-refractivity contribution in [1.82, 2.24) is 0 Å². The standard InChI is InChI=1S/Al.B.Ba.FHO2Si.5H/c;;;1-4(2)3;;;;;/h;;;2H;;;;;/q;;+2;;;;;2*-1. The Labute approximate surface area is 98.6 Å². The van der Waals surface area contributed by atoms with Crippen LogP contribution < -0.4 is 0 Å². The van der Waals surface area contributed by atoms with Gasteiger partial charge in [0.2, 0.25) is 0 Å². The summed E-state index contributed by atoms with van der Waals surface area (Å²) in [5.41, 5.74) is 0. The van der Waals surface area contributed by atoms with Gasteiger partial charge in [0.1, 0.15) is 0 Å². The summed E-state index contributed by atoms with van der Waals surface area (Å²) in [5.74, 6) is 0. The molecule has 0 aliphatic heterocycles. The van der Waals surface area contributed by atoms with E-state index in [0.29, 0.717) is 0 Å². The summed E-state index contributed by atoms with van der Waals surface area (Å²) in [6, 6.07) is 0. The summed E-state index contributed by atoms with van der Waals surface area (Å²) in [6.07, 6.45) is 0. The second-order valence-corrected chi connectivity index (χ2v) is 0.759. The Bertz CT molecular complexity index is 47.5. The summed E-state index contributed by atoms with van der Waals surface area (Å²) < 4.78 is 18.6. The molecule has 0 aliphatic carbocycles. The van der Waals surface area contributed by atoms with Crippen LogP contribution in [-0.4, -0.2) is 88.7 Å². The summed E-state index contributed by atoms with van der Waals surface area (Å²) in [5, 5.41) is 0. The fraction of sp³-hybridized carbons (Fsp3) is 0. The minimum atomic E-state index is -3.63. The third-order valence-corrected chi connectivity index (χ3v) is 0. The summed E-state index contributed by atoms with van der Waals surface area (Å²) in [4.78, 5) is 6.94. The van der Waals surface area contributed by atoms with Crippen LogP contribution in [0.1, 0.15) is 2.85 Å². The quantitative estimate of drug-likeness (QED) is 0.391.